The predicted octanol–water partition coefficient (Wildman–Crippen LogP) is 3.95. The summed E-state index contributed by atoms with van der Waals surface area (Å²) in [5.74, 6) is 1.12. The molecule has 0 spiro atoms. The molecule has 0 saturated carbocycles. The molecule has 0 aliphatic rings. The Morgan fingerprint density at radius 1 is 0.867 bits per heavy atom. The molecular formula is C14H23N. The van der Waals surface area contributed by atoms with Gasteiger partial charge in [0.15, 0.2) is 0 Å². The van der Waals surface area contributed by atoms with Gasteiger partial charge in [0.25, 0.3) is 0 Å². The summed E-state index contributed by atoms with van der Waals surface area (Å²) in [6, 6.07) is 6.86. The Labute approximate surface area is 93.7 Å². The van der Waals surface area contributed by atoms with E-state index < -0.39 is 0 Å². The molecular weight excluding hydrogens is 182 g/mol. The van der Waals surface area contributed by atoms with Crippen LogP contribution in [0.1, 0.15) is 69.2 Å². The highest BCUT2D eigenvalue weighted by atomic mass is 14.6. The lowest BCUT2D eigenvalue weighted by atomic mass is 9.89. The molecule has 1 rings (SSSR count). The van der Waals surface area contributed by atoms with Crippen molar-refractivity contribution in [2.45, 2.75) is 52.5 Å². The summed E-state index contributed by atoms with van der Waals surface area (Å²) in [6.07, 6.45) is 0. The van der Waals surface area contributed by atoms with E-state index >= 15 is 0 Å². The molecule has 0 heterocycles. The summed E-state index contributed by atoms with van der Waals surface area (Å²) in [5.41, 5.74) is 10.1. The van der Waals surface area contributed by atoms with Crippen LogP contribution in [0.15, 0.2) is 18.2 Å². The fraction of sp³-hybridized carbons (Fsp3) is 0.571. The first-order chi connectivity index (χ1) is 6.93. The molecule has 1 aromatic carbocycles. The summed E-state index contributed by atoms with van der Waals surface area (Å²) >= 11 is 0. The third kappa shape index (κ3) is 2.82. The molecule has 1 nitrogen and oxygen atoms in total. The molecule has 1 aromatic rings. The van der Waals surface area contributed by atoms with Crippen LogP contribution in [0, 0.1) is 0 Å². The number of hydrogen-bond donors (Lipinski definition) is 1. The van der Waals surface area contributed by atoms with Crippen molar-refractivity contribution in [2.75, 3.05) is 0 Å². The fourth-order valence-electron chi connectivity index (χ4n) is 1.87. The summed E-state index contributed by atoms with van der Waals surface area (Å²) in [4.78, 5) is 0. The molecule has 0 amide bonds. The van der Waals surface area contributed by atoms with Crippen LogP contribution in [0.5, 0.6) is 0 Å². The highest BCUT2D eigenvalue weighted by molar-refractivity contribution is 5.37. The van der Waals surface area contributed by atoms with E-state index in [9.17, 15) is 0 Å². The Hall–Kier alpha value is -0.820. The van der Waals surface area contributed by atoms with Crippen LogP contribution >= 0.6 is 0 Å². The maximum atomic E-state index is 6.02. The number of nitrogens with two attached hydrogens (primary N) is 1. The first kappa shape index (κ1) is 12.3. The maximum Gasteiger partial charge on any atom is 0.0269 e. The minimum Gasteiger partial charge on any atom is -0.324 e. The normalized spacial score (nSPS) is 13.6. The highest BCUT2D eigenvalue weighted by Gasteiger charge is 2.11. The van der Waals surface area contributed by atoms with Crippen molar-refractivity contribution in [3.63, 3.8) is 0 Å². The Morgan fingerprint density at radius 3 is 1.87 bits per heavy atom. The van der Waals surface area contributed by atoms with Gasteiger partial charge in [-0.2, -0.15) is 0 Å². The Kier molecular flexibility index (Phi) is 3.92. The second kappa shape index (κ2) is 4.80. The van der Waals surface area contributed by atoms with Crippen molar-refractivity contribution in [1.29, 1.82) is 0 Å². The summed E-state index contributed by atoms with van der Waals surface area (Å²) in [7, 11) is 0. The molecule has 0 aliphatic carbocycles. The van der Waals surface area contributed by atoms with E-state index in [0.717, 1.165) is 0 Å². The van der Waals surface area contributed by atoms with Crippen molar-refractivity contribution in [2.24, 2.45) is 5.73 Å². The van der Waals surface area contributed by atoms with Crippen molar-refractivity contribution in [1.82, 2.24) is 0 Å². The van der Waals surface area contributed by atoms with Crippen molar-refractivity contribution in [3.8, 4) is 0 Å². The van der Waals surface area contributed by atoms with Crippen LogP contribution in [-0.4, -0.2) is 0 Å². The lowest BCUT2D eigenvalue weighted by Gasteiger charge is -2.18. The molecule has 2 N–H and O–H groups in total. The molecule has 0 fully saturated rings. The van der Waals surface area contributed by atoms with Gasteiger partial charge in [-0.3, -0.25) is 0 Å². The van der Waals surface area contributed by atoms with Crippen molar-refractivity contribution >= 4 is 0 Å². The van der Waals surface area contributed by atoms with Crippen molar-refractivity contribution in [3.05, 3.63) is 34.9 Å². The Morgan fingerprint density at radius 2 is 1.47 bits per heavy atom. The number of rotatable bonds is 3. The topological polar surface area (TPSA) is 26.0 Å². The van der Waals surface area contributed by atoms with Gasteiger partial charge in [0.1, 0.15) is 0 Å². The second-order valence-corrected chi connectivity index (χ2v) is 4.99. The van der Waals surface area contributed by atoms with Crippen LogP contribution in [-0.2, 0) is 0 Å². The van der Waals surface area contributed by atoms with Gasteiger partial charge in [-0.25, -0.2) is 0 Å². The largest absolute Gasteiger partial charge is 0.324 e. The predicted molar refractivity (Wildman–Crippen MR) is 67.2 cm³/mol. The number of benzene rings is 1. The van der Waals surface area contributed by atoms with Crippen LogP contribution in [0.25, 0.3) is 0 Å². The zero-order valence-corrected chi connectivity index (χ0v) is 10.5. The molecule has 0 bridgehead atoms. The van der Waals surface area contributed by atoms with Gasteiger partial charge in [0, 0.05) is 6.04 Å². The second-order valence-electron chi connectivity index (χ2n) is 4.99. The van der Waals surface area contributed by atoms with Gasteiger partial charge in [0.2, 0.25) is 0 Å². The number of hydrogen-bond acceptors (Lipinski definition) is 1. The van der Waals surface area contributed by atoms with E-state index in [1.165, 1.54) is 16.7 Å². The van der Waals surface area contributed by atoms with Gasteiger partial charge in [-0.05, 0) is 35.4 Å². The third-order valence-corrected chi connectivity index (χ3v) is 2.89. The van der Waals surface area contributed by atoms with E-state index in [0.29, 0.717) is 11.8 Å². The highest BCUT2D eigenvalue weighted by Crippen LogP contribution is 2.27. The molecule has 1 atom stereocenters. The molecule has 0 aliphatic heterocycles. The first-order valence-corrected chi connectivity index (χ1v) is 5.82. The molecule has 84 valence electrons. The zero-order valence-electron chi connectivity index (χ0n) is 10.5. The molecule has 1 unspecified atom stereocenters. The quantitative estimate of drug-likeness (QED) is 0.794. The van der Waals surface area contributed by atoms with Crippen LogP contribution in [0.2, 0.25) is 0 Å². The fourth-order valence-corrected chi connectivity index (χ4v) is 1.87. The summed E-state index contributed by atoms with van der Waals surface area (Å²) in [6.45, 7) is 10.9. The van der Waals surface area contributed by atoms with E-state index in [1.54, 1.807) is 0 Å². The molecule has 15 heavy (non-hydrogen) atoms. The average Bonchev–Trinajstić information content (AvgIpc) is 2.16. The summed E-state index contributed by atoms with van der Waals surface area (Å²) in [5, 5.41) is 0. The first-order valence-electron chi connectivity index (χ1n) is 5.82. The minimum atomic E-state index is 0.126. The van der Waals surface area contributed by atoms with Crippen LogP contribution < -0.4 is 5.73 Å². The smallest absolute Gasteiger partial charge is 0.0269 e. The third-order valence-electron chi connectivity index (χ3n) is 2.89. The zero-order chi connectivity index (χ0) is 11.6. The van der Waals surface area contributed by atoms with E-state index in [2.05, 4.69) is 52.8 Å². The van der Waals surface area contributed by atoms with Gasteiger partial charge in [-0.1, -0.05) is 45.9 Å². The minimum absolute atomic E-state index is 0.126. The molecule has 0 aromatic heterocycles. The lowest BCUT2D eigenvalue weighted by Crippen LogP contribution is -2.10. The van der Waals surface area contributed by atoms with Crippen LogP contribution in [0.4, 0.5) is 0 Å². The Balaban J connectivity index is 3.21. The van der Waals surface area contributed by atoms with E-state index in [1.807, 2.05) is 0 Å². The average molecular weight is 205 g/mol. The maximum absolute atomic E-state index is 6.02. The summed E-state index contributed by atoms with van der Waals surface area (Å²) < 4.78 is 0. The molecule has 1 heteroatoms. The Bertz CT molecular complexity index is 324. The van der Waals surface area contributed by atoms with Gasteiger partial charge in [-0.15, -0.1) is 0 Å². The molecule has 0 radical (unpaired) electrons. The standard InChI is InChI=1S/C14H23N/c1-9(2)12-6-7-13(10(3)4)14(8-12)11(5)15/h6-11H,15H2,1-5H3. The van der Waals surface area contributed by atoms with Gasteiger partial charge < -0.3 is 5.73 Å². The lowest BCUT2D eigenvalue weighted by molar-refractivity contribution is 0.756. The monoisotopic (exact) mass is 205 g/mol. The molecule has 0 saturated heterocycles. The van der Waals surface area contributed by atoms with Crippen LogP contribution in [0.3, 0.4) is 0 Å². The van der Waals surface area contributed by atoms with E-state index in [4.69, 9.17) is 5.73 Å². The van der Waals surface area contributed by atoms with Crippen molar-refractivity contribution < 1.29 is 0 Å². The van der Waals surface area contributed by atoms with E-state index in [-0.39, 0.29) is 6.04 Å². The van der Waals surface area contributed by atoms with Gasteiger partial charge in [0.05, 0.1) is 0 Å². The van der Waals surface area contributed by atoms with Gasteiger partial charge >= 0.3 is 0 Å². The SMILES string of the molecule is CC(C)c1ccc(C(C)C)c(C(C)N)c1.